The number of anilines is 1. The van der Waals surface area contributed by atoms with Gasteiger partial charge in [-0.2, -0.15) is 0 Å². The summed E-state index contributed by atoms with van der Waals surface area (Å²) in [5.41, 5.74) is 1.67. The lowest BCUT2D eigenvalue weighted by atomic mass is 10.0. The predicted molar refractivity (Wildman–Crippen MR) is 102 cm³/mol. The first-order valence-corrected chi connectivity index (χ1v) is 8.49. The topological polar surface area (TPSA) is 55.8 Å². The molecule has 1 atom stereocenters. The Morgan fingerprint density at radius 2 is 1.54 bits per heavy atom. The van der Waals surface area contributed by atoms with Gasteiger partial charge in [-0.05, 0) is 39.3 Å². The lowest BCUT2D eigenvalue weighted by Crippen LogP contribution is -2.46. The van der Waals surface area contributed by atoms with Crippen molar-refractivity contribution in [2.75, 3.05) is 12.0 Å². The first kappa shape index (κ1) is 19.5. The third-order valence-corrected chi connectivity index (χ3v) is 3.77. The number of nitrogens with zero attached hydrogens (tertiary/aromatic N) is 1. The summed E-state index contributed by atoms with van der Waals surface area (Å²) in [6, 6.07) is 16.3. The fourth-order valence-electron chi connectivity index (χ4n) is 2.60. The van der Waals surface area contributed by atoms with Crippen molar-refractivity contribution in [3.05, 3.63) is 54.6 Å². The first-order chi connectivity index (χ1) is 12.2. The van der Waals surface area contributed by atoms with Crippen molar-refractivity contribution in [2.24, 2.45) is 0 Å². The van der Waals surface area contributed by atoms with E-state index in [1.165, 1.54) is 12.0 Å². The monoisotopic (exact) mass is 355 g/mol. The van der Waals surface area contributed by atoms with Crippen LogP contribution in [-0.2, 0) is 14.3 Å². The van der Waals surface area contributed by atoms with E-state index in [1.807, 2.05) is 48.5 Å². The molecule has 0 radical (unpaired) electrons. The molecule has 5 heteroatoms. The fraction of sp³-hybridized carbons (Fsp3) is 0.333. The van der Waals surface area contributed by atoms with Crippen LogP contribution in [0.5, 0.6) is 0 Å². The number of methoxy groups -OCH3 is 1. The highest BCUT2D eigenvalue weighted by atomic mass is 16.6. The zero-order valence-corrected chi connectivity index (χ0v) is 15.9. The Kier molecular flexibility index (Phi) is 6.03. The standard InChI is InChI=1S/C21H25NO4/c1-15(19(23)25-5)22(20(24)26-21(2,3)4)18-14-10-9-13-17(18)16-11-7-6-8-12-16/h6-15H,1-5H3/t15-/m1/s1. The van der Waals surface area contributed by atoms with Crippen LogP contribution in [0.2, 0.25) is 0 Å². The second kappa shape index (κ2) is 8.04. The molecule has 0 aliphatic carbocycles. The van der Waals surface area contributed by atoms with Gasteiger partial charge in [0.2, 0.25) is 0 Å². The molecule has 0 saturated carbocycles. The van der Waals surface area contributed by atoms with Gasteiger partial charge in [0.05, 0.1) is 12.8 Å². The van der Waals surface area contributed by atoms with E-state index in [9.17, 15) is 9.59 Å². The molecule has 0 unspecified atom stereocenters. The van der Waals surface area contributed by atoms with Crippen molar-refractivity contribution in [3.63, 3.8) is 0 Å². The molecule has 5 nitrogen and oxygen atoms in total. The fourth-order valence-corrected chi connectivity index (χ4v) is 2.60. The molecule has 26 heavy (non-hydrogen) atoms. The number of amides is 1. The Bertz CT molecular complexity index is 765. The number of para-hydroxylation sites is 1. The van der Waals surface area contributed by atoms with E-state index in [0.717, 1.165) is 11.1 Å². The van der Waals surface area contributed by atoms with Crippen LogP contribution < -0.4 is 4.90 Å². The van der Waals surface area contributed by atoms with Crippen LogP contribution >= 0.6 is 0 Å². The molecule has 0 aliphatic heterocycles. The zero-order chi connectivity index (χ0) is 19.3. The molecule has 0 spiro atoms. The van der Waals surface area contributed by atoms with Crippen molar-refractivity contribution < 1.29 is 19.1 Å². The average Bonchev–Trinajstić information content (AvgIpc) is 2.60. The molecule has 138 valence electrons. The molecule has 0 heterocycles. The minimum absolute atomic E-state index is 0.515. The van der Waals surface area contributed by atoms with Crippen LogP contribution in [0.15, 0.2) is 54.6 Å². The molecule has 2 rings (SSSR count). The highest BCUT2D eigenvalue weighted by Crippen LogP contribution is 2.33. The molecule has 0 N–H and O–H groups in total. The summed E-state index contributed by atoms with van der Waals surface area (Å²) >= 11 is 0. The molecular weight excluding hydrogens is 330 g/mol. The van der Waals surface area contributed by atoms with Gasteiger partial charge in [0.1, 0.15) is 11.6 Å². The number of ether oxygens (including phenoxy) is 2. The molecule has 0 aliphatic rings. The molecule has 2 aromatic carbocycles. The number of esters is 1. The van der Waals surface area contributed by atoms with Crippen LogP contribution in [0, 0.1) is 0 Å². The minimum atomic E-state index is -0.834. The molecular formula is C21H25NO4. The maximum Gasteiger partial charge on any atom is 0.415 e. The van der Waals surface area contributed by atoms with Gasteiger partial charge < -0.3 is 9.47 Å². The molecule has 0 aromatic heterocycles. The maximum absolute atomic E-state index is 12.9. The number of benzene rings is 2. The van der Waals surface area contributed by atoms with Gasteiger partial charge in [0.25, 0.3) is 0 Å². The molecule has 0 bridgehead atoms. The van der Waals surface area contributed by atoms with Gasteiger partial charge in [-0.15, -0.1) is 0 Å². The van der Waals surface area contributed by atoms with E-state index in [4.69, 9.17) is 9.47 Å². The van der Waals surface area contributed by atoms with E-state index in [-0.39, 0.29) is 0 Å². The van der Waals surface area contributed by atoms with Crippen molar-refractivity contribution >= 4 is 17.7 Å². The Hall–Kier alpha value is -2.82. The molecule has 2 aromatic rings. The van der Waals surface area contributed by atoms with Crippen molar-refractivity contribution in [3.8, 4) is 11.1 Å². The number of hydrogen-bond donors (Lipinski definition) is 0. The summed E-state index contributed by atoms with van der Waals surface area (Å²) in [7, 11) is 1.30. The summed E-state index contributed by atoms with van der Waals surface area (Å²) in [6.07, 6.45) is -0.598. The maximum atomic E-state index is 12.9. The van der Waals surface area contributed by atoms with Crippen LogP contribution in [0.3, 0.4) is 0 Å². The molecule has 0 saturated heterocycles. The summed E-state index contributed by atoms with van der Waals surface area (Å²) in [4.78, 5) is 26.4. The van der Waals surface area contributed by atoms with Gasteiger partial charge in [0.15, 0.2) is 0 Å². The third-order valence-electron chi connectivity index (χ3n) is 3.77. The van der Waals surface area contributed by atoms with Gasteiger partial charge in [-0.3, -0.25) is 4.90 Å². The molecule has 0 fully saturated rings. The quantitative estimate of drug-likeness (QED) is 0.749. The Balaban J connectivity index is 2.56. The van der Waals surface area contributed by atoms with Crippen LogP contribution in [0.4, 0.5) is 10.5 Å². The van der Waals surface area contributed by atoms with Gasteiger partial charge >= 0.3 is 12.1 Å². The van der Waals surface area contributed by atoms with Gasteiger partial charge in [-0.1, -0.05) is 48.5 Å². The number of rotatable bonds is 4. The number of carbonyl (C=O) groups is 2. The van der Waals surface area contributed by atoms with E-state index in [1.54, 1.807) is 33.8 Å². The van der Waals surface area contributed by atoms with Gasteiger partial charge in [0, 0.05) is 5.56 Å². The summed E-state index contributed by atoms with van der Waals surface area (Å²) in [5, 5.41) is 0. The highest BCUT2D eigenvalue weighted by Gasteiger charge is 2.33. The lowest BCUT2D eigenvalue weighted by Gasteiger charge is -2.31. The minimum Gasteiger partial charge on any atom is -0.467 e. The highest BCUT2D eigenvalue weighted by molar-refractivity contribution is 5.99. The molecule has 1 amide bonds. The van der Waals surface area contributed by atoms with Crippen molar-refractivity contribution in [1.82, 2.24) is 0 Å². The second-order valence-electron chi connectivity index (χ2n) is 6.93. The Morgan fingerprint density at radius 1 is 0.962 bits per heavy atom. The van der Waals surface area contributed by atoms with E-state index in [2.05, 4.69) is 0 Å². The number of hydrogen-bond acceptors (Lipinski definition) is 4. The Morgan fingerprint density at radius 3 is 2.12 bits per heavy atom. The Labute approximate surface area is 154 Å². The van der Waals surface area contributed by atoms with Crippen LogP contribution in [0.1, 0.15) is 27.7 Å². The summed E-state index contributed by atoms with van der Waals surface area (Å²) in [5.74, 6) is -0.515. The van der Waals surface area contributed by atoms with Crippen molar-refractivity contribution in [1.29, 1.82) is 0 Å². The summed E-state index contributed by atoms with van der Waals surface area (Å²) in [6.45, 7) is 6.98. The van der Waals surface area contributed by atoms with Crippen LogP contribution in [-0.4, -0.2) is 30.8 Å². The lowest BCUT2D eigenvalue weighted by molar-refractivity contribution is -0.141. The van der Waals surface area contributed by atoms with Gasteiger partial charge in [-0.25, -0.2) is 9.59 Å². The van der Waals surface area contributed by atoms with Crippen molar-refractivity contribution in [2.45, 2.75) is 39.3 Å². The van der Waals surface area contributed by atoms with E-state index < -0.39 is 23.7 Å². The third kappa shape index (κ3) is 4.63. The second-order valence-corrected chi connectivity index (χ2v) is 6.93. The average molecular weight is 355 g/mol. The van der Waals surface area contributed by atoms with E-state index in [0.29, 0.717) is 5.69 Å². The zero-order valence-electron chi connectivity index (χ0n) is 15.9. The largest absolute Gasteiger partial charge is 0.467 e. The number of carbonyl (C=O) groups excluding carboxylic acids is 2. The normalized spacial score (nSPS) is 12.2. The van der Waals surface area contributed by atoms with Crippen LogP contribution in [0.25, 0.3) is 11.1 Å². The summed E-state index contributed by atoms with van der Waals surface area (Å²) < 4.78 is 10.4. The SMILES string of the molecule is COC(=O)[C@@H](C)N(C(=O)OC(C)(C)C)c1ccccc1-c1ccccc1. The predicted octanol–water partition coefficient (Wildman–Crippen LogP) is 4.66. The smallest absolute Gasteiger partial charge is 0.415 e. The first-order valence-electron chi connectivity index (χ1n) is 8.49. The van der Waals surface area contributed by atoms with E-state index >= 15 is 0 Å².